The average Bonchev–Trinajstić information content (AvgIpc) is 2.97. The monoisotopic (exact) mass is 476 g/mol. The van der Waals surface area contributed by atoms with Crippen molar-refractivity contribution < 1.29 is 37.4 Å². The molecule has 0 aromatic heterocycles. The number of ether oxygens (including phenoxy) is 2. The van der Waals surface area contributed by atoms with Crippen LogP contribution in [0.1, 0.15) is 19.4 Å². The minimum atomic E-state index is -3.00. The van der Waals surface area contributed by atoms with Gasteiger partial charge in [-0.15, -0.1) is 0 Å². The number of carbonyl (C=O) groups is 4. The summed E-state index contributed by atoms with van der Waals surface area (Å²) in [6, 6.07) is 9.02. The zero-order valence-electron chi connectivity index (χ0n) is 18.5. The molecule has 0 bridgehead atoms. The maximum atomic E-state index is 13.0. The van der Waals surface area contributed by atoms with Gasteiger partial charge in [0.25, 0.3) is 5.91 Å². The quantitative estimate of drug-likeness (QED) is 0.503. The highest BCUT2D eigenvalue weighted by Crippen LogP contribution is 2.31. The zero-order valence-corrected chi connectivity index (χ0v) is 18.5. The van der Waals surface area contributed by atoms with E-state index in [0.29, 0.717) is 17.0 Å². The molecular weight excluding hydrogens is 454 g/mol. The molecule has 3 rings (SSSR count). The Morgan fingerprint density at radius 3 is 2.38 bits per heavy atom. The minimum absolute atomic E-state index is 0.106. The number of nitrogens with one attached hydrogen (secondary N) is 3. The third-order valence-corrected chi connectivity index (χ3v) is 5.03. The highest BCUT2D eigenvalue weighted by molar-refractivity contribution is 6.10. The van der Waals surface area contributed by atoms with E-state index in [0.717, 1.165) is 4.90 Å². The second-order valence-corrected chi connectivity index (χ2v) is 7.49. The maximum Gasteiger partial charge on any atom is 0.387 e. The number of anilines is 2. The van der Waals surface area contributed by atoms with E-state index in [1.807, 2.05) is 0 Å². The highest BCUT2D eigenvalue weighted by Gasteiger charge is 2.49. The molecule has 12 heteroatoms. The van der Waals surface area contributed by atoms with E-state index >= 15 is 0 Å². The largest absolute Gasteiger partial charge is 0.495 e. The molecule has 0 spiro atoms. The van der Waals surface area contributed by atoms with Crippen molar-refractivity contribution in [2.45, 2.75) is 26.0 Å². The van der Waals surface area contributed by atoms with Gasteiger partial charge in [-0.1, -0.05) is 12.1 Å². The molecule has 1 atom stereocenters. The normalized spacial score (nSPS) is 17.4. The number of carbonyl (C=O) groups excluding carboxylic acids is 4. The summed E-state index contributed by atoms with van der Waals surface area (Å²) in [6.07, 6.45) is 0. The van der Waals surface area contributed by atoms with Crippen LogP contribution in [0.3, 0.4) is 0 Å². The van der Waals surface area contributed by atoms with Gasteiger partial charge in [-0.05, 0) is 42.8 Å². The Kier molecular flexibility index (Phi) is 6.99. The molecule has 180 valence electrons. The summed E-state index contributed by atoms with van der Waals surface area (Å²) in [4.78, 5) is 50.2. The molecule has 0 radical (unpaired) electrons. The van der Waals surface area contributed by atoms with Crippen LogP contribution in [0.4, 0.5) is 25.0 Å². The van der Waals surface area contributed by atoms with Crippen molar-refractivity contribution in [2.24, 2.45) is 0 Å². The van der Waals surface area contributed by atoms with Crippen LogP contribution in [-0.2, 0) is 19.9 Å². The van der Waals surface area contributed by atoms with Gasteiger partial charge in [0.05, 0.1) is 12.8 Å². The molecule has 2 aromatic carbocycles. The average molecular weight is 476 g/mol. The number of rotatable bonds is 8. The summed E-state index contributed by atoms with van der Waals surface area (Å²) in [5.41, 5.74) is -0.558. The minimum Gasteiger partial charge on any atom is -0.495 e. The number of methoxy groups -OCH3 is 1. The van der Waals surface area contributed by atoms with Gasteiger partial charge in [0.1, 0.15) is 23.6 Å². The van der Waals surface area contributed by atoms with Crippen molar-refractivity contribution in [1.29, 1.82) is 0 Å². The maximum absolute atomic E-state index is 13.0. The van der Waals surface area contributed by atoms with Crippen LogP contribution in [-0.4, -0.2) is 48.9 Å². The second-order valence-electron chi connectivity index (χ2n) is 7.49. The lowest BCUT2D eigenvalue weighted by atomic mass is 9.92. The first-order valence-corrected chi connectivity index (χ1v) is 9.98. The standard InChI is InChI=1S/C22H22F2N4O6/c1-12(29)25-14-6-9-17(33-3)16(10-14)26-18(30)11-28-19(31)22(2,27-21(28)32)13-4-7-15(8-5-13)34-20(23)24/h4-10,20H,11H2,1-3H3,(H,25,29)(H,26,30)(H,27,32). The van der Waals surface area contributed by atoms with Crippen LogP contribution < -0.4 is 25.4 Å². The number of amides is 5. The van der Waals surface area contributed by atoms with E-state index in [2.05, 4.69) is 20.7 Å². The molecule has 3 N–H and O–H groups in total. The molecule has 1 aliphatic rings. The first kappa shape index (κ1) is 24.4. The van der Waals surface area contributed by atoms with Crippen molar-refractivity contribution in [3.8, 4) is 11.5 Å². The smallest absolute Gasteiger partial charge is 0.387 e. The fraction of sp³-hybridized carbons (Fsp3) is 0.273. The first-order chi connectivity index (χ1) is 16.0. The van der Waals surface area contributed by atoms with E-state index in [9.17, 15) is 28.0 Å². The van der Waals surface area contributed by atoms with Crippen LogP contribution in [0, 0.1) is 0 Å². The highest BCUT2D eigenvalue weighted by atomic mass is 19.3. The van der Waals surface area contributed by atoms with Gasteiger partial charge in [-0.2, -0.15) is 8.78 Å². The third-order valence-electron chi connectivity index (χ3n) is 5.03. The van der Waals surface area contributed by atoms with Gasteiger partial charge in [0.15, 0.2) is 0 Å². The van der Waals surface area contributed by atoms with Gasteiger partial charge in [-0.3, -0.25) is 19.3 Å². The number of nitrogens with zero attached hydrogens (tertiary/aromatic N) is 1. The molecular formula is C22H22F2N4O6. The summed E-state index contributed by atoms with van der Waals surface area (Å²) in [5.74, 6) is -1.50. The Hall–Kier alpha value is -4.22. The predicted molar refractivity (Wildman–Crippen MR) is 117 cm³/mol. The molecule has 10 nitrogen and oxygen atoms in total. The van der Waals surface area contributed by atoms with Gasteiger partial charge in [0, 0.05) is 12.6 Å². The third kappa shape index (κ3) is 5.22. The van der Waals surface area contributed by atoms with Crippen LogP contribution in [0.25, 0.3) is 0 Å². The molecule has 0 saturated carbocycles. The van der Waals surface area contributed by atoms with E-state index in [1.165, 1.54) is 57.4 Å². The van der Waals surface area contributed by atoms with E-state index in [-0.39, 0.29) is 17.3 Å². The molecule has 34 heavy (non-hydrogen) atoms. The fourth-order valence-electron chi connectivity index (χ4n) is 3.43. The first-order valence-electron chi connectivity index (χ1n) is 9.98. The summed E-state index contributed by atoms with van der Waals surface area (Å²) in [5, 5.41) is 7.66. The lowest BCUT2D eigenvalue weighted by Gasteiger charge is -2.22. The number of halogens is 2. The number of hydrogen-bond donors (Lipinski definition) is 3. The molecule has 1 fully saturated rings. The van der Waals surface area contributed by atoms with E-state index in [4.69, 9.17) is 4.74 Å². The summed E-state index contributed by atoms with van der Waals surface area (Å²) in [7, 11) is 1.39. The van der Waals surface area contributed by atoms with Crippen molar-refractivity contribution in [3.63, 3.8) is 0 Å². The predicted octanol–water partition coefficient (Wildman–Crippen LogP) is 2.66. The van der Waals surface area contributed by atoms with Crippen LogP contribution in [0.15, 0.2) is 42.5 Å². The Bertz CT molecular complexity index is 1120. The number of alkyl halides is 2. The Morgan fingerprint density at radius 2 is 1.79 bits per heavy atom. The van der Waals surface area contributed by atoms with Crippen LogP contribution >= 0.6 is 0 Å². The van der Waals surface area contributed by atoms with E-state index in [1.54, 1.807) is 6.07 Å². The topological polar surface area (TPSA) is 126 Å². The Labute approximate surface area is 193 Å². The van der Waals surface area contributed by atoms with Crippen molar-refractivity contribution >= 4 is 35.1 Å². The SMILES string of the molecule is COc1ccc(NC(C)=O)cc1NC(=O)CN1C(=O)NC(C)(c2ccc(OC(F)F)cc2)C1=O. The molecule has 1 heterocycles. The van der Waals surface area contributed by atoms with Crippen molar-refractivity contribution in [1.82, 2.24) is 10.2 Å². The van der Waals surface area contributed by atoms with Gasteiger partial charge < -0.3 is 25.4 Å². The van der Waals surface area contributed by atoms with E-state index < -0.39 is 36.5 Å². The van der Waals surface area contributed by atoms with Gasteiger partial charge in [0.2, 0.25) is 11.8 Å². The molecule has 1 aliphatic heterocycles. The number of benzene rings is 2. The Balaban J connectivity index is 1.74. The summed E-state index contributed by atoms with van der Waals surface area (Å²) >= 11 is 0. The molecule has 1 unspecified atom stereocenters. The van der Waals surface area contributed by atoms with Gasteiger partial charge >= 0.3 is 12.6 Å². The van der Waals surface area contributed by atoms with Crippen molar-refractivity contribution in [2.75, 3.05) is 24.3 Å². The molecule has 0 aliphatic carbocycles. The Morgan fingerprint density at radius 1 is 1.12 bits per heavy atom. The van der Waals surface area contributed by atoms with Gasteiger partial charge in [-0.25, -0.2) is 4.79 Å². The van der Waals surface area contributed by atoms with Crippen LogP contribution in [0.2, 0.25) is 0 Å². The second kappa shape index (κ2) is 9.73. The molecule has 5 amide bonds. The fourth-order valence-corrected chi connectivity index (χ4v) is 3.43. The molecule has 2 aromatic rings. The lowest BCUT2D eigenvalue weighted by molar-refractivity contribution is -0.133. The number of imide groups is 1. The summed E-state index contributed by atoms with van der Waals surface area (Å²) in [6.45, 7) is -0.828. The summed E-state index contributed by atoms with van der Waals surface area (Å²) < 4.78 is 34.2. The number of urea groups is 1. The zero-order chi connectivity index (χ0) is 25.0. The number of hydrogen-bond acceptors (Lipinski definition) is 6. The molecule has 1 saturated heterocycles. The van der Waals surface area contributed by atoms with Crippen LogP contribution in [0.5, 0.6) is 11.5 Å². The lowest BCUT2D eigenvalue weighted by Crippen LogP contribution is -2.42. The van der Waals surface area contributed by atoms with Crippen molar-refractivity contribution in [3.05, 3.63) is 48.0 Å².